The van der Waals surface area contributed by atoms with Gasteiger partial charge in [0.25, 0.3) is 0 Å². The van der Waals surface area contributed by atoms with Crippen LogP contribution in [0.4, 0.5) is 11.4 Å². The first kappa shape index (κ1) is 15.8. The standard InChI is InChI=1S/C17H26N2O2/c1-2-16(21)19-15-8-6-14(7-9-15)18-12-17(13-20)10-4-3-5-11-17/h6-9,18,20H,2-5,10-13H2,1H3,(H,19,21). The highest BCUT2D eigenvalue weighted by Crippen LogP contribution is 2.36. The van der Waals surface area contributed by atoms with Crippen molar-refractivity contribution >= 4 is 17.3 Å². The highest BCUT2D eigenvalue weighted by atomic mass is 16.3. The topological polar surface area (TPSA) is 61.4 Å². The number of carbonyl (C=O) groups excluding carboxylic acids is 1. The molecule has 1 aliphatic carbocycles. The Morgan fingerprint density at radius 3 is 2.33 bits per heavy atom. The molecule has 0 bridgehead atoms. The second-order valence-electron chi connectivity index (χ2n) is 6.05. The number of benzene rings is 1. The third-order valence-corrected chi connectivity index (χ3v) is 4.41. The third kappa shape index (κ3) is 4.46. The Balaban J connectivity index is 1.89. The molecule has 1 aliphatic rings. The van der Waals surface area contributed by atoms with Gasteiger partial charge in [-0.1, -0.05) is 26.2 Å². The Hall–Kier alpha value is -1.55. The summed E-state index contributed by atoms with van der Waals surface area (Å²) >= 11 is 0. The van der Waals surface area contributed by atoms with E-state index < -0.39 is 0 Å². The van der Waals surface area contributed by atoms with Gasteiger partial charge >= 0.3 is 0 Å². The second kappa shape index (κ2) is 7.46. The van der Waals surface area contributed by atoms with Gasteiger partial charge in [0.05, 0.1) is 6.61 Å². The van der Waals surface area contributed by atoms with Gasteiger partial charge in [0, 0.05) is 29.8 Å². The van der Waals surface area contributed by atoms with Gasteiger partial charge in [-0.25, -0.2) is 0 Å². The van der Waals surface area contributed by atoms with E-state index >= 15 is 0 Å². The van der Waals surface area contributed by atoms with E-state index in [1.807, 2.05) is 31.2 Å². The number of rotatable bonds is 6. The van der Waals surface area contributed by atoms with E-state index in [-0.39, 0.29) is 17.9 Å². The Morgan fingerprint density at radius 2 is 1.76 bits per heavy atom. The molecule has 1 amide bonds. The Kier molecular flexibility index (Phi) is 5.62. The summed E-state index contributed by atoms with van der Waals surface area (Å²) in [6.45, 7) is 2.90. The molecule has 0 spiro atoms. The largest absolute Gasteiger partial charge is 0.396 e. The van der Waals surface area contributed by atoms with Crippen LogP contribution in [0.1, 0.15) is 45.4 Å². The molecule has 0 aliphatic heterocycles. The average molecular weight is 290 g/mol. The van der Waals surface area contributed by atoms with Crippen LogP contribution in [0.2, 0.25) is 0 Å². The fourth-order valence-corrected chi connectivity index (χ4v) is 2.90. The molecule has 21 heavy (non-hydrogen) atoms. The number of anilines is 2. The first-order valence-corrected chi connectivity index (χ1v) is 7.92. The summed E-state index contributed by atoms with van der Waals surface area (Å²) in [5, 5.41) is 16.0. The third-order valence-electron chi connectivity index (χ3n) is 4.41. The minimum Gasteiger partial charge on any atom is -0.396 e. The summed E-state index contributed by atoms with van der Waals surface area (Å²) in [7, 11) is 0. The Labute approximate surface area is 126 Å². The summed E-state index contributed by atoms with van der Waals surface area (Å²) in [6, 6.07) is 7.75. The van der Waals surface area contributed by atoms with E-state index in [1.54, 1.807) is 0 Å². The summed E-state index contributed by atoms with van der Waals surface area (Å²) in [5.74, 6) is 0.0251. The molecular formula is C17H26N2O2. The molecule has 1 saturated carbocycles. The van der Waals surface area contributed by atoms with E-state index in [2.05, 4.69) is 10.6 Å². The van der Waals surface area contributed by atoms with Crippen molar-refractivity contribution in [1.29, 1.82) is 0 Å². The molecule has 116 valence electrons. The zero-order valence-corrected chi connectivity index (χ0v) is 12.8. The SMILES string of the molecule is CCC(=O)Nc1ccc(NCC2(CO)CCCCC2)cc1. The highest BCUT2D eigenvalue weighted by Gasteiger charge is 2.30. The summed E-state index contributed by atoms with van der Waals surface area (Å²) < 4.78 is 0. The van der Waals surface area contributed by atoms with Crippen LogP contribution in [0.3, 0.4) is 0 Å². The maximum atomic E-state index is 11.3. The van der Waals surface area contributed by atoms with Gasteiger partial charge in [-0.05, 0) is 37.1 Å². The predicted molar refractivity (Wildman–Crippen MR) is 86.5 cm³/mol. The molecule has 2 rings (SSSR count). The molecule has 3 N–H and O–H groups in total. The van der Waals surface area contributed by atoms with Gasteiger partial charge in [-0.15, -0.1) is 0 Å². The number of amides is 1. The molecule has 0 aromatic heterocycles. The smallest absolute Gasteiger partial charge is 0.224 e. The average Bonchev–Trinajstić information content (AvgIpc) is 2.55. The predicted octanol–water partition coefficient (Wildman–Crippen LogP) is 3.39. The van der Waals surface area contributed by atoms with E-state index in [4.69, 9.17) is 0 Å². The fraction of sp³-hybridized carbons (Fsp3) is 0.588. The fourth-order valence-electron chi connectivity index (χ4n) is 2.90. The summed E-state index contributed by atoms with van der Waals surface area (Å²) in [6.07, 6.45) is 6.39. The Bertz CT molecular complexity index is 450. The van der Waals surface area contributed by atoms with E-state index in [1.165, 1.54) is 19.3 Å². The van der Waals surface area contributed by atoms with Crippen molar-refractivity contribution < 1.29 is 9.90 Å². The van der Waals surface area contributed by atoms with E-state index in [0.717, 1.165) is 30.8 Å². The Morgan fingerprint density at radius 1 is 1.14 bits per heavy atom. The monoisotopic (exact) mass is 290 g/mol. The van der Waals surface area contributed by atoms with Crippen LogP contribution in [0.15, 0.2) is 24.3 Å². The lowest BCUT2D eigenvalue weighted by Gasteiger charge is -2.36. The zero-order chi connectivity index (χ0) is 15.1. The van der Waals surface area contributed by atoms with Crippen molar-refractivity contribution in [3.05, 3.63) is 24.3 Å². The number of hydrogen-bond donors (Lipinski definition) is 3. The van der Waals surface area contributed by atoms with Crippen LogP contribution in [0.25, 0.3) is 0 Å². The molecule has 0 radical (unpaired) electrons. The first-order chi connectivity index (χ1) is 10.2. The van der Waals surface area contributed by atoms with Crippen LogP contribution in [-0.4, -0.2) is 24.2 Å². The van der Waals surface area contributed by atoms with Crippen molar-refractivity contribution in [3.63, 3.8) is 0 Å². The molecule has 1 aromatic rings. The first-order valence-electron chi connectivity index (χ1n) is 7.92. The van der Waals surface area contributed by atoms with Crippen molar-refractivity contribution in [3.8, 4) is 0 Å². The number of carbonyl (C=O) groups is 1. The van der Waals surface area contributed by atoms with Crippen LogP contribution >= 0.6 is 0 Å². The molecule has 1 fully saturated rings. The molecule has 4 nitrogen and oxygen atoms in total. The molecule has 1 aromatic carbocycles. The van der Waals surface area contributed by atoms with Crippen LogP contribution in [0.5, 0.6) is 0 Å². The van der Waals surface area contributed by atoms with Crippen LogP contribution < -0.4 is 10.6 Å². The lowest BCUT2D eigenvalue weighted by Crippen LogP contribution is -2.35. The minimum absolute atomic E-state index is 0.0251. The van der Waals surface area contributed by atoms with Gasteiger partial charge < -0.3 is 15.7 Å². The maximum absolute atomic E-state index is 11.3. The minimum atomic E-state index is 0.0251. The van der Waals surface area contributed by atoms with E-state index in [9.17, 15) is 9.90 Å². The van der Waals surface area contributed by atoms with Gasteiger partial charge in [0.2, 0.25) is 5.91 Å². The van der Waals surface area contributed by atoms with E-state index in [0.29, 0.717) is 6.42 Å². The zero-order valence-electron chi connectivity index (χ0n) is 12.8. The lowest BCUT2D eigenvalue weighted by molar-refractivity contribution is -0.115. The quantitative estimate of drug-likeness (QED) is 0.752. The second-order valence-corrected chi connectivity index (χ2v) is 6.05. The molecule has 0 saturated heterocycles. The number of aliphatic hydroxyl groups excluding tert-OH is 1. The van der Waals surface area contributed by atoms with Crippen LogP contribution in [0, 0.1) is 5.41 Å². The number of nitrogens with one attached hydrogen (secondary N) is 2. The maximum Gasteiger partial charge on any atom is 0.224 e. The molecular weight excluding hydrogens is 264 g/mol. The van der Waals surface area contributed by atoms with Crippen LogP contribution in [-0.2, 0) is 4.79 Å². The van der Waals surface area contributed by atoms with Crippen molar-refractivity contribution in [1.82, 2.24) is 0 Å². The summed E-state index contributed by atoms with van der Waals surface area (Å²) in [5.41, 5.74) is 1.89. The number of hydrogen-bond acceptors (Lipinski definition) is 3. The van der Waals surface area contributed by atoms with Crippen molar-refractivity contribution in [2.75, 3.05) is 23.8 Å². The lowest BCUT2D eigenvalue weighted by atomic mass is 9.74. The summed E-state index contributed by atoms with van der Waals surface area (Å²) in [4.78, 5) is 11.3. The van der Waals surface area contributed by atoms with Gasteiger partial charge in [-0.2, -0.15) is 0 Å². The van der Waals surface area contributed by atoms with Gasteiger partial charge in [0.15, 0.2) is 0 Å². The normalized spacial score (nSPS) is 17.2. The van der Waals surface area contributed by atoms with Crippen molar-refractivity contribution in [2.24, 2.45) is 5.41 Å². The van der Waals surface area contributed by atoms with Gasteiger partial charge in [0.1, 0.15) is 0 Å². The number of aliphatic hydroxyl groups is 1. The molecule has 4 heteroatoms. The highest BCUT2D eigenvalue weighted by molar-refractivity contribution is 5.90. The van der Waals surface area contributed by atoms with Crippen molar-refractivity contribution in [2.45, 2.75) is 45.4 Å². The molecule has 0 atom stereocenters. The molecule has 0 heterocycles. The molecule has 0 unspecified atom stereocenters. The van der Waals surface area contributed by atoms with Gasteiger partial charge in [-0.3, -0.25) is 4.79 Å².